The molecule has 1 saturated heterocycles. The lowest BCUT2D eigenvalue weighted by atomic mass is 9.99. The number of pyridine rings is 1. The number of anilines is 1. The van der Waals surface area contributed by atoms with Gasteiger partial charge in [0.1, 0.15) is 5.69 Å². The van der Waals surface area contributed by atoms with Gasteiger partial charge in [0.15, 0.2) is 0 Å². The van der Waals surface area contributed by atoms with E-state index in [2.05, 4.69) is 21.9 Å². The summed E-state index contributed by atoms with van der Waals surface area (Å²) in [6.45, 7) is 5.53. The van der Waals surface area contributed by atoms with Crippen molar-refractivity contribution in [3.63, 3.8) is 0 Å². The zero-order valence-corrected chi connectivity index (χ0v) is 18.7. The zero-order chi connectivity index (χ0) is 22.4. The van der Waals surface area contributed by atoms with Crippen LogP contribution in [0.4, 0.5) is 5.95 Å². The van der Waals surface area contributed by atoms with E-state index in [4.69, 9.17) is 10.8 Å². The van der Waals surface area contributed by atoms with Gasteiger partial charge in [-0.15, -0.1) is 9.50 Å². The van der Waals surface area contributed by atoms with E-state index in [0.29, 0.717) is 18.2 Å². The molecule has 32 heavy (non-hydrogen) atoms. The van der Waals surface area contributed by atoms with Crippen molar-refractivity contribution in [1.29, 1.82) is 0 Å². The highest BCUT2D eigenvalue weighted by Gasteiger charge is 2.28. The van der Waals surface area contributed by atoms with Crippen molar-refractivity contribution in [2.24, 2.45) is 0 Å². The van der Waals surface area contributed by atoms with E-state index in [0.717, 1.165) is 53.2 Å². The van der Waals surface area contributed by atoms with E-state index in [1.807, 2.05) is 56.3 Å². The third-order valence-electron chi connectivity index (χ3n) is 6.29. The number of aromatic nitrogens is 5. The second-order valence-electron chi connectivity index (χ2n) is 8.67. The number of fused-ring (bicyclic) bond motifs is 1. The maximum Gasteiger partial charge on any atom is 0.411 e. The van der Waals surface area contributed by atoms with Gasteiger partial charge >= 0.3 is 11.6 Å². The minimum atomic E-state index is -0.225. The Morgan fingerprint density at radius 3 is 2.50 bits per heavy atom. The first kappa shape index (κ1) is 20.4. The lowest BCUT2D eigenvalue weighted by molar-refractivity contribution is -0.351. The van der Waals surface area contributed by atoms with E-state index in [9.17, 15) is 4.79 Å². The number of nitrogens with zero attached hydrogens (tertiary/aromatic N) is 5. The highest BCUT2D eigenvalue weighted by atomic mass is 16.2. The van der Waals surface area contributed by atoms with Gasteiger partial charge in [-0.05, 0) is 58.0 Å². The van der Waals surface area contributed by atoms with Gasteiger partial charge in [-0.3, -0.25) is 10.7 Å². The molecule has 0 amide bonds. The Balaban J connectivity index is 1.80. The van der Waals surface area contributed by atoms with Crippen LogP contribution in [0, 0.1) is 13.8 Å². The van der Waals surface area contributed by atoms with Gasteiger partial charge in [-0.25, -0.2) is 9.78 Å². The van der Waals surface area contributed by atoms with Gasteiger partial charge in [-0.2, -0.15) is 4.68 Å². The van der Waals surface area contributed by atoms with Crippen LogP contribution in [0.25, 0.3) is 28.0 Å². The Bertz CT molecular complexity index is 1340. The van der Waals surface area contributed by atoms with E-state index >= 15 is 0 Å². The van der Waals surface area contributed by atoms with Crippen LogP contribution in [-0.4, -0.2) is 43.7 Å². The number of likely N-dealkylation sites (tertiary alicyclic amines) is 1. The number of nitrogens with two attached hydrogens (primary N) is 1. The molecular formula is C24H28N7O+. The lowest BCUT2D eigenvalue weighted by Crippen LogP contribution is -2.34. The smallest absolute Gasteiger partial charge is 0.302 e. The molecule has 164 valence electrons. The molecule has 4 aromatic rings. The Morgan fingerprint density at radius 1 is 1.12 bits per heavy atom. The van der Waals surface area contributed by atoms with E-state index < -0.39 is 0 Å². The van der Waals surface area contributed by atoms with E-state index in [1.165, 1.54) is 4.40 Å². The topological polar surface area (TPSA) is 95.6 Å². The van der Waals surface area contributed by atoms with Crippen molar-refractivity contribution in [3.05, 3.63) is 64.3 Å². The summed E-state index contributed by atoms with van der Waals surface area (Å²) in [5.74, 6) is 0.265. The molecule has 1 aliphatic rings. The summed E-state index contributed by atoms with van der Waals surface area (Å²) < 4.78 is 3.05. The molecule has 0 bridgehead atoms. The number of rotatable bonds is 4. The molecule has 3 N–H and O–H groups in total. The summed E-state index contributed by atoms with van der Waals surface area (Å²) in [6.07, 6.45) is 2.20. The maximum absolute atomic E-state index is 13.3. The highest BCUT2D eigenvalue weighted by molar-refractivity contribution is 5.88. The number of hydrogen-bond acceptors (Lipinski definition) is 5. The van der Waals surface area contributed by atoms with Crippen molar-refractivity contribution in [3.8, 4) is 22.4 Å². The van der Waals surface area contributed by atoms with Crippen molar-refractivity contribution in [2.75, 3.05) is 19.3 Å². The number of nitrogen functional groups attached to an aromatic ring is 1. The van der Waals surface area contributed by atoms with Crippen LogP contribution in [0.2, 0.25) is 0 Å². The van der Waals surface area contributed by atoms with Gasteiger partial charge in [0, 0.05) is 23.0 Å². The van der Waals surface area contributed by atoms with Crippen molar-refractivity contribution in [2.45, 2.75) is 39.3 Å². The minimum absolute atomic E-state index is 0.225. The molecule has 0 saturated carbocycles. The predicted octanol–water partition coefficient (Wildman–Crippen LogP) is 2.33. The molecule has 5 rings (SSSR count). The third kappa shape index (κ3) is 3.46. The fraction of sp³-hybridized carbons (Fsp3) is 0.333. The SMILES string of the molecule is Cc1cc(-c2c(-c3ccccc3)[nH+]c(N)n3c(=O)n(C[C@H]4CCCN4C)nc23)cc(C)n1. The third-order valence-corrected chi connectivity index (χ3v) is 6.29. The van der Waals surface area contributed by atoms with Gasteiger partial charge in [0.05, 0.1) is 12.1 Å². The molecule has 8 heteroatoms. The Labute approximate surface area is 186 Å². The van der Waals surface area contributed by atoms with Crippen LogP contribution < -0.4 is 16.4 Å². The van der Waals surface area contributed by atoms with Gasteiger partial charge in [0.25, 0.3) is 0 Å². The molecular weight excluding hydrogens is 402 g/mol. The van der Waals surface area contributed by atoms with Gasteiger partial charge in [0.2, 0.25) is 5.65 Å². The number of hydrogen-bond donors (Lipinski definition) is 1. The van der Waals surface area contributed by atoms with Gasteiger partial charge in [-0.1, -0.05) is 30.3 Å². The number of aromatic amines is 1. The maximum atomic E-state index is 13.3. The van der Waals surface area contributed by atoms with Crippen LogP contribution in [0.3, 0.4) is 0 Å². The molecule has 3 aromatic heterocycles. The average molecular weight is 431 g/mol. The lowest BCUT2D eigenvalue weighted by Gasteiger charge is -2.17. The number of likely N-dealkylation sites (N-methyl/N-ethyl adjacent to an activating group) is 1. The highest BCUT2D eigenvalue weighted by Crippen LogP contribution is 2.33. The van der Waals surface area contributed by atoms with Crippen LogP contribution in [0.15, 0.2) is 47.3 Å². The summed E-state index contributed by atoms with van der Waals surface area (Å²) in [4.78, 5) is 23.4. The van der Waals surface area contributed by atoms with E-state index in [-0.39, 0.29) is 11.6 Å². The van der Waals surface area contributed by atoms with Gasteiger partial charge < -0.3 is 4.90 Å². The van der Waals surface area contributed by atoms with Crippen molar-refractivity contribution >= 4 is 11.6 Å². The fourth-order valence-electron chi connectivity index (χ4n) is 4.75. The molecule has 8 nitrogen and oxygen atoms in total. The summed E-state index contributed by atoms with van der Waals surface area (Å²) in [5, 5.41) is 4.81. The molecule has 0 radical (unpaired) electrons. The van der Waals surface area contributed by atoms with E-state index in [1.54, 1.807) is 4.68 Å². The molecule has 1 fully saturated rings. The molecule has 1 aliphatic heterocycles. The Hall–Kier alpha value is -3.52. The zero-order valence-electron chi connectivity index (χ0n) is 18.7. The molecule has 0 aliphatic carbocycles. The first-order valence-corrected chi connectivity index (χ1v) is 11.0. The molecule has 1 atom stereocenters. The predicted molar refractivity (Wildman–Crippen MR) is 124 cm³/mol. The summed E-state index contributed by atoms with van der Waals surface area (Å²) in [7, 11) is 2.10. The van der Waals surface area contributed by atoms with Crippen molar-refractivity contribution in [1.82, 2.24) is 24.1 Å². The molecule has 0 spiro atoms. The average Bonchev–Trinajstić information content (AvgIpc) is 3.31. The Kier molecular flexibility index (Phi) is 5.01. The first-order valence-electron chi connectivity index (χ1n) is 11.0. The minimum Gasteiger partial charge on any atom is -0.302 e. The normalized spacial score (nSPS) is 16.8. The second-order valence-corrected chi connectivity index (χ2v) is 8.67. The monoisotopic (exact) mass is 430 g/mol. The summed E-state index contributed by atoms with van der Waals surface area (Å²) in [6, 6.07) is 14.3. The number of nitrogens with one attached hydrogen (secondary N) is 1. The fourth-order valence-corrected chi connectivity index (χ4v) is 4.75. The second kappa shape index (κ2) is 7.87. The summed E-state index contributed by atoms with van der Waals surface area (Å²) >= 11 is 0. The van der Waals surface area contributed by atoms with Crippen LogP contribution in [-0.2, 0) is 6.54 Å². The molecule has 1 aromatic carbocycles. The number of H-pyrrole nitrogens is 1. The van der Waals surface area contributed by atoms with Crippen molar-refractivity contribution < 1.29 is 4.98 Å². The molecule has 4 heterocycles. The summed E-state index contributed by atoms with van der Waals surface area (Å²) in [5.41, 5.74) is 12.1. The van der Waals surface area contributed by atoms with Crippen LogP contribution in [0.5, 0.6) is 0 Å². The first-order chi connectivity index (χ1) is 15.4. The number of benzene rings is 1. The number of aryl methyl sites for hydroxylation is 2. The standard InChI is InChI=1S/C24H27N7O/c1-15-12-18(13-16(2)26-15)20-21(17-8-5-4-6-9-17)27-23(25)31-22(20)28-30(24(31)32)14-19-10-7-11-29(19)3/h4-6,8-9,12-13,19H,7,10-11,14H2,1-3H3,(H2,25,27)/p+1/t19-/m1/s1. The Morgan fingerprint density at radius 2 is 1.84 bits per heavy atom. The van der Waals surface area contributed by atoms with Crippen LogP contribution >= 0.6 is 0 Å². The largest absolute Gasteiger partial charge is 0.411 e. The quantitative estimate of drug-likeness (QED) is 0.536. The molecule has 0 unspecified atom stereocenters. The van der Waals surface area contributed by atoms with Crippen LogP contribution in [0.1, 0.15) is 24.2 Å².